The van der Waals surface area contributed by atoms with Crippen LogP contribution in [-0.2, 0) is 0 Å². The van der Waals surface area contributed by atoms with Crippen molar-refractivity contribution in [2.75, 3.05) is 6.26 Å². The Morgan fingerprint density at radius 2 is 1.33 bits per heavy atom. The first kappa shape index (κ1) is 13.3. The third kappa shape index (κ3) is 3.33. The average molecular weight is 236 g/mol. The van der Waals surface area contributed by atoms with Crippen LogP contribution in [0.5, 0.6) is 0 Å². The average Bonchev–Trinajstić information content (AvgIpc) is 2.17. The third-order valence-corrected chi connectivity index (χ3v) is 4.58. The van der Waals surface area contributed by atoms with Gasteiger partial charge in [0.15, 0.2) is 0 Å². The predicted molar refractivity (Wildman–Crippen MR) is 63.4 cm³/mol. The summed E-state index contributed by atoms with van der Waals surface area (Å²) in [4.78, 5) is 0. The van der Waals surface area contributed by atoms with Gasteiger partial charge in [0.2, 0.25) is 0 Å². The lowest BCUT2D eigenvalue weighted by atomic mass is 9.70. The number of hydrogen-bond acceptors (Lipinski definition) is 1. The van der Waals surface area contributed by atoms with Gasteiger partial charge in [0.05, 0.1) is 0 Å². The molecule has 1 aliphatic rings. The first-order valence-electron chi connectivity index (χ1n) is 5.70. The highest BCUT2D eigenvalue weighted by atomic mass is 32.2. The van der Waals surface area contributed by atoms with Gasteiger partial charge in [-0.05, 0) is 43.3 Å². The Morgan fingerprint density at radius 3 is 1.67 bits per heavy atom. The van der Waals surface area contributed by atoms with Crippen molar-refractivity contribution < 1.29 is 8.78 Å². The second kappa shape index (κ2) is 4.60. The number of hydrogen-bond donors (Lipinski definition) is 0. The smallest absolute Gasteiger partial charge is 0.194 e. The van der Waals surface area contributed by atoms with Crippen molar-refractivity contribution in [2.24, 2.45) is 17.3 Å². The molecule has 3 heteroatoms. The van der Waals surface area contributed by atoms with Crippen LogP contribution in [0.25, 0.3) is 0 Å². The van der Waals surface area contributed by atoms with Crippen LogP contribution >= 0.6 is 11.8 Å². The Hall–Kier alpha value is 0.210. The van der Waals surface area contributed by atoms with Crippen LogP contribution in [0.4, 0.5) is 8.78 Å². The molecule has 1 saturated carbocycles. The molecule has 0 bridgehead atoms. The minimum absolute atomic E-state index is 0.277. The summed E-state index contributed by atoms with van der Waals surface area (Å²) in [5, 5.41) is -2.51. The first-order valence-corrected chi connectivity index (χ1v) is 6.93. The molecule has 90 valence electrons. The maximum Gasteiger partial charge on any atom is 0.296 e. The van der Waals surface area contributed by atoms with Crippen molar-refractivity contribution in [3.63, 3.8) is 0 Å². The van der Waals surface area contributed by atoms with Gasteiger partial charge in [-0.15, -0.1) is 0 Å². The highest BCUT2D eigenvalue weighted by Crippen LogP contribution is 2.47. The van der Waals surface area contributed by atoms with Crippen molar-refractivity contribution in [1.82, 2.24) is 0 Å². The number of alkyl halides is 2. The van der Waals surface area contributed by atoms with E-state index in [9.17, 15) is 8.78 Å². The van der Waals surface area contributed by atoms with Gasteiger partial charge in [0, 0.05) is 5.92 Å². The second-order valence-corrected chi connectivity index (χ2v) is 6.63. The van der Waals surface area contributed by atoms with Gasteiger partial charge in [-0.25, -0.2) is 0 Å². The van der Waals surface area contributed by atoms with Gasteiger partial charge >= 0.3 is 0 Å². The van der Waals surface area contributed by atoms with Gasteiger partial charge in [-0.1, -0.05) is 32.5 Å². The molecule has 0 aromatic rings. The topological polar surface area (TPSA) is 0 Å². The molecule has 0 saturated heterocycles. The zero-order valence-electron chi connectivity index (χ0n) is 10.1. The van der Waals surface area contributed by atoms with E-state index in [2.05, 4.69) is 20.8 Å². The van der Waals surface area contributed by atoms with Crippen molar-refractivity contribution in [3.8, 4) is 0 Å². The molecule has 0 aliphatic heterocycles. The van der Waals surface area contributed by atoms with Crippen molar-refractivity contribution in [3.05, 3.63) is 0 Å². The summed E-state index contributed by atoms with van der Waals surface area (Å²) in [7, 11) is 0. The van der Waals surface area contributed by atoms with E-state index >= 15 is 0 Å². The maximum atomic E-state index is 13.4. The molecular weight excluding hydrogens is 214 g/mol. The molecular formula is C12H22F2S. The zero-order valence-corrected chi connectivity index (χ0v) is 11.0. The zero-order chi connectivity index (χ0) is 11.7. The lowest BCUT2D eigenvalue weighted by Crippen LogP contribution is -2.32. The summed E-state index contributed by atoms with van der Waals surface area (Å²) in [5.41, 5.74) is 0.277. The summed E-state index contributed by atoms with van der Waals surface area (Å²) >= 11 is 0.709. The van der Waals surface area contributed by atoms with E-state index in [0.29, 0.717) is 30.5 Å². The van der Waals surface area contributed by atoms with Gasteiger partial charge in [-0.3, -0.25) is 0 Å². The highest BCUT2D eigenvalue weighted by Gasteiger charge is 2.42. The molecule has 0 unspecified atom stereocenters. The standard InChI is InChI=1S/C12H22F2S/c1-11(2,3)9-5-7-10(8-6-9)12(13,14)15-4/h9-10H,5-8H2,1-4H3. The van der Waals surface area contributed by atoms with E-state index in [1.807, 2.05) is 0 Å². The maximum absolute atomic E-state index is 13.4. The molecule has 0 heterocycles. The van der Waals surface area contributed by atoms with Crippen LogP contribution < -0.4 is 0 Å². The summed E-state index contributed by atoms with van der Waals surface area (Å²) < 4.78 is 26.9. The van der Waals surface area contributed by atoms with E-state index in [-0.39, 0.29) is 5.41 Å². The minimum Gasteiger partial charge on any atom is -0.194 e. The normalized spacial score (nSPS) is 29.2. The van der Waals surface area contributed by atoms with Crippen LogP contribution in [0.3, 0.4) is 0 Å². The van der Waals surface area contributed by atoms with Gasteiger partial charge in [0.1, 0.15) is 0 Å². The third-order valence-electron chi connectivity index (χ3n) is 3.70. The van der Waals surface area contributed by atoms with Crippen LogP contribution in [0, 0.1) is 17.3 Å². The largest absolute Gasteiger partial charge is 0.296 e. The minimum atomic E-state index is -2.51. The van der Waals surface area contributed by atoms with Gasteiger partial charge in [0.25, 0.3) is 5.25 Å². The van der Waals surface area contributed by atoms with E-state index < -0.39 is 11.2 Å². The monoisotopic (exact) mass is 236 g/mol. The molecule has 1 rings (SSSR count). The molecule has 0 amide bonds. The summed E-state index contributed by atoms with van der Waals surface area (Å²) in [5.74, 6) is 0.220. The van der Waals surface area contributed by atoms with Crippen LogP contribution in [0.2, 0.25) is 0 Å². The summed E-state index contributed by atoms with van der Waals surface area (Å²) in [6.45, 7) is 6.64. The fourth-order valence-corrected chi connectivity index (χ4v) is 3.03. The molecule has 0 nitrogen and oxygen atoms in total. The Morgan fingerprint density at radius 1 is 0.933 bits per heavy atom. The van der Waals surface area contributed by atoms with Crippen molar-refractivity contribution >= 4 is 11.8 Å². The Bertz CT molecular complexity index is 200. The highest BCUT2D eigenvalue weighted by molar-refractivity contribution is 7.99. The number of thioether (sulfide) groups is 1. The van der Waals surface area contributed by atoms with Crippen molar-refractivity contribution in [2.45, 2.75) is 51.7 Å². The summed E-state index contributed by atoms with van der Waals surface area (Å²) in [6, 6.07) is 0. The van der Waals surface area contributed by atoms with Gasteiger partial charge in [-0.2, -0.15) is 8.78 Å². The number of halogens is 2. The van der Waals surface area contributed by atoms with E-state index in [4.69, 9.17) is 0 Å². The predicted octanol–water partition coefficient (Wildman–Crippen LogP) is 4.79. The van der Waals surface area contributed by atoms with Crippen LogP contribution in [0.15, 0.2) is 0 Å². The van der Waals surface area contributed by atoms with E-state index in [1.165, 1.54) is 6.26 Å². The number of rotatable bonds is 2. The quantitative estimate of drug-likeness (QED) is 0.664. The molecule has 0 radical (unpaired) electrons. The molecule has 0 aromatic carbocycles. The fourth-order valence-electron chi connectivity index (χ4n) is 2.46. The SMILES string of the molecule is CSC(F)(F)C1CCC(C(C)(C)C)CC1. The van der Waals surface area contributed by atoms with Crippen LogP contribution in [-0.4, -0.2) is 11.5 Å². The second-order valence-electron chi connectivity index (χ2n) is 5.68. The van der Waals surface area contributed by atoms with Crippen LogP contribution in [0.1, 0.15) is 46.5 Å². The lowest BCUT2D eigenvalue weighted by molar-refractivity contribution is 0.000942. The first-order chi connectivity index (χ1) is 6.77. The van der Waals surface area contributed by atoms with E-state index in [1.54, 1.807) is 0 Å². The fraction of sp³-hybridized carbons (Fsp3) is 1.00. The molecule has 1 aliphatic carbocycles. The molecule has 1 fully saturated rings. The molecule has 15 heavy (non-hydrogen) atoms. The Kier molecular flexibility index (Phi) is 4.07. The Labute approximate surface area is 96.2 Å². The molecule has 0 atom stereocenters. The molecule has 0 aromatic heterocycles. The van der Waals surface area contributed by atoms with E-state index in [0.717, 1.165) is 12.8 Å². The molecule has 0 spiro atoms. The summed E-state index contributed by atoms with van der Waals surface area (Å²) in [6.07, 6.45) is 4.82. The molecule has 0 N–H and O–H groups in total. The lowest BCUT2D eigenvalue weighted by Gasteiger charge is -2.38. The Balaban J connectivity index is 2.50. The van der Waals surface area contributed by atoms with Gasteiger partial charge < -0.3 is 0 Å². The van der Waals surface area contributed by atoms with Crippen molar-refractivity contribution in [1.29, 1.82) is 0 Å².